The van der Waals surface area contributed by atoms with Crippen LogP contribution in [0, 0.1) is 6.92 Å². The molecule has 0 aromatic heterocycles. The van der Waals surface area contributed by atoms with Gasteiger partial charge in [0.25, 0.3) is 0 Å². The van der Waals surface area contributed by atoms with Gasteiger partial charge in [0, 0.05) is 0 Å². The maximum absolute atomic E-state index is 11.6. The second-order valence-electron chi connectivity index (χ2n) is 4.79. The molecule has 0 heterocycles. The molecule has 1 aromatic rings. The van der Waals surface area contributed by atoms with Gasteiger partial charge in [-0.05, 0) is 25.5 Å². The van der Waals surface area contributed by atoms with Crippen molar-refractivity contribution in [3.8, 4) is 5.75 Å². The Labute approximate surface area is 113 Å². The molecule has 0 radical (unpaired) electrons. The van der Waals surface area contributed by atoms with Gasteiger partial charge in [0.2, 0.25) is 5.91 Å². The minimum absolute atomic E-state index is 0.171. The third-order valence-corrected chi connectivity index (χ3v) is 2.82. The molecule has 0 unspecified atom stereocenters. The molecule has 0 spiro atoms. The molecule has 3 N–H and O–H groups in total. The average molecular weight is 267 g/mol. The Balaban J connectivity index is 2.37. The summed E-state index contributed by atoms with van der Waals surface area (Å²) in [5.74, 6) is 0.488. The SMILES string of the molecule is Cc1ccccc1OCCC(=O)NC(C)(CO)CO. The predicted molar refractivity (Wildman–Crippen MR) is 72.0 cm³/mol. The molecule has 19 heavy (non-hydrogen) atoms. The lowest BCUT2D eigenvalue weighted by atomic mass is 10.1. The molecular weight excluding hydrogens is 246 g/mol. The number of benzene rings is 1. The molecule has 0 aliphatic carbocycles. The third-order valence-electron chi connectivity index (χ3n) is 2.82. The highest BCUT2D eigenvalue weighted by molar-refractivity contribution is 5.76. The third kappa shape index (κ3) is 4.89. The van der Waals surface area contributed by atoms with E-state index in [1.54, 1.807) is 6.92 Å². The molecule has 106 valence electrons. The van der Waals surface area contributed by atoms with E-state index in [1.165, 1.54) is 0 Å². The summed E-state index contributed by atoms with van der Waals surface area (Å²) in [5.41, 5.74) is 0.0261. The number of carbonyl (C=O) groups excluding carboxylic acids is 1. The fourth-order valence-electron chi connectivity index (χ4n) is 1.50. The molecule has 0 atom stereocenters. The van der Waals surface area contributed by atoms with Crippen molar-refractivity contribution >= 4 is 5.91 Å². The Morgan fingerprint density at radius 2 is 1.95 bits per heavy atom. The number of aliphatic hydroxyl groups is 2. The second kappa shape index (κ2) is 7.11. The summed E-state index contributed by atoms with van der Waals surface area (Å²) in [6, 6.07) is 7.57. The molecule has 0 aliphatic rings. The molecule has 1 rings (SSSR count). The maximum Gasteiger partial charge on any atom is 0.224 e. The van der Waals surface area contributed by atoms with E-state index in [1.807, 2.05) is 31.2 Å². The van der Waals surface area contributed by atoms with Crippen LogP contribution >= 0.6 is 0 Å². The van der Waals surface area contributed by atoms with Crippen LogP contribution < -0.4 is 10.1 Å². The smallest absolute Gasteiger partial charge is 0.224 e. The van der Waals surface area contributed by atoms with Crippen LogP contribution in [0.2, 0.25) is 0 Å². The van der Waals surface area contributed by atoms with Gasteiger partial charge < -0.3 is 20.3 Å². The first-order valence-electron chi connectivity index (χ1n) is 6.22. The quantitative estimate of drug-likeness (QED) is 0.677. The topological polar surface area (TPSA) is 78.8 Å². The number of hydrogen-bond donors (Lipinski definition) is 3. The van der Waals surface area contributed by atoms with Gasteiger partial charge in [-0.25, -0.2) is 0 Å². The second-order valence-corrected chi connectivity index (χ2v) is 4.79. The Hall–Kier alpha value is -1.59. The zero-order valence-electron chi connectivity index (χ0n) is 11.3. The van der Waals surface area contributed by atoms with Crippen LogP contribution in [0.1, 0.15) is 18.9 Å². The first kappa shape index (κ1) is 15.5. The zero-order chi connectivity index (χ0) is 14.3. The lowest BCUT2D eigenvalue weighted by Gasteiger charge is -2.26. The van der Waals surface area contributed by atoms with Crippen molar-refractivity contribution in [2.45, 2.75) is 25.8 Å². The van der Waals surface area contributed by atoms with Crippen molar-refractivity contribution in [1.29, 1.82) is 0 Å². The van der Waals surface area contributed by atoms with E-state index in [4.69, 9.17) is 14.9 Å². The fourth-order valence-corrected chi connectivity index (χ4v) is 1.50. The van der Waals surface area contributed by atoms with Crippen LogP contribution in [0.5, 0.6) is 5.75 Å². The normalized spacial score (nSPS) is 11.2. The molecule has 5 heteroatoms. The van der Waals surface area contributed by atoms with Crippen LogP contribution in [-0.4, -0.2) is 41.5 Å². The van der Waals surface area contributed by atoms with E-state index in [0.29, 0.717) is 0 Å². The van der Waals surface area contributed by atoms with Crippen LogP contribution in [0.15, 0.2) is 24.3 Å². The molecule has 5 nitrogen and oxygen atoms in total. The van der Waals surface area contributed by atoms with Gasteiger partial charge in [-0.3, -0.25) is 4.79 Å². The maximum atomic E-state index is 11.6. The number of nitrogens with one attached hydrogen (secondary N) is 1. The number of amides is 1. The number of aliphatic hydroxyl groups excluding tert-OH is 2. The largest absolute Gasteiger partial charge is 0.493 e. The summed E-state index contributed by atoms with van der Waals surface area (Å²) in [5, 5.41) is 20.7. The van der Waals surface area contributed by atoms with Gasteiger partial charge in [0.15, 0.2) is 0 Å². The van der Waals surface area contributed by atoms with E-state index in [-0.39, 0.29) is 32.1 Å². The van der Waals surface area contributed by atoms with Gasteiger partial charge in [-0.15, -0.1) is 0 Å². The number of rotatable bonds is 7. The van der Waals surface area contributed by atoms with E-state index in [2.05, 4.69) is 5.32 Å². The highest BCUT2D eigenvalue weighted by Crippen LogP contribution is 2.16. The van der Waals surface area contributed by atoms with Crippen LogP contribution in [-0.2, 0) is 4.79 Å². The Kier molecular flexibility index (Phi) is 5.79. The number of carbonyl (C=O) groups is 1. The van der Waals surface area contributed by atoms with Gasteiger partial charge in [-0.1, -0.05) is 18.2 Å². The van der Waals surface area contributed by atoms with Crippen molar-refractivity contribution in [2.24, 2.45) is 0 Å². The van der Waals surface area contributed by atoms with E-state index in [9.17, 15) is 4.79 Å². The minimum atomic E-state index is -0.986. The van der Waals surface area contributed by atoms with Crippen molar-refractivity contribution < 1.29 is 19.7 Å². The summed E-state index contributed by atoms with van der Waals surface area (Å²) in [6.45, 7) is 3.14. The molecule has 0 aliphatic heterocycles. The molecule has 0 saturated heterocycles. The lowest BCUT2D eigenvalue weighted by molar-refractivity contribution is -0.124. The van der Waals surface area contributed by atoms with Crippen molar-refractivity contribution in [3.63, 3.8) is 0 Å². The first-order chi connectivity index (χ1) is 9.00. The number of para-hydroxylation sites is 1. The number of ether oxygens (including phenoxy) is 1. The van der Waals surface area contributed by atoms with E-state index >= 15 is 0 Å². The Morgan fingerprint density at radius 3 is 2.53 bits per heavy atom. The molecule has 0 bridgehead atoms. The summed E-state index contributed by atoms with van der Waals surface area (Å²) in [4.78, 5) is 11.6. The average Bonchev–Trinajstić information content (AvgIpc) is 2.41. The van der Waals surface area contributed by atoms with Crippen LogP contribution in [0.25, 0.3) is 0 Å². The van der Waals surface area contributed by atoms with Crippen molar-refractivity contribution in [2.75, 3.05) is 19.8 Å². The Bertz CT molecular complexity index is 416. The summed E-state index contributed by atoms with van der Waals surface area (Å²) in [6.07, 6.45) is 0.171. The highest BCUT2D eigenvalue weighted by atomic mass is 16.5. The Morgan fingerprint density at radius 1 is 1.32 bits per heavy atom. The summed E-state index contributed by atoms with van der Waals surface area (Å²) < 4.78 is 5.50. The molecule has 0 fully saturated rings. The molecular formula is C14H21NO4. The van der Waals surface area contributed by atoms with Gasteiger partial charge >= 0.3 is 0 Å². The zero-order valence-corrected chi connectivity index (χ0v) is 11.3. The number of aryl methyl sites for hydroxylation is 1. The highest BCUT2D eigenvalue weighted by Gasteiger charge is 2.24. The first-order valence-corrected chi connectivity index (χ1v) is 6.22. The molecule has 1 aromatic carbocycles. The van der Waals surface area contributed by atoms with Crippen LogP contribution in [0.3, 0.4) is 0 Å². The number of hydrogen-bond acceptors (Lipinski definition) is 4. The summed E-state index contributed by atoms with van der Waals surface area (Å²) in [7, 11) is 0. The summed E-state index contributed by atoms with van der Waals surface area (Å²) >= 11 is 0. The lowest BCUT2D eigenvalue weighted by Crippen LogP contribution is -2.51. The predicted octanol–water partition coefficient (Wildman–Crippen LogP) is 0.623. The van der Waals surface area contributed by atoms with Crippen molar-refractivity contribution in [1.82, 2.24) is 5.32 Å². The minimum Gasteiger partial charge on any atom is -0.493 e. The van der Waals surface area contributed by atoms with Gasteiger partial charge in [0.05, 0.1) is 31.8 Å². The fraction of sp³-hybridized carbons (Fsp3) is 0.500. The van der Waals surface area contributed by atoms with Crippen LogP contribution in [0.4, 0.5) is 0 Å². The molecule has 1 amide bonds. The van der Waals surface area contributed by atoms with Gasteiger partial charge in [0.1, 0.15) is 5.75 Å². The van der Waals surface area contributed by atoms with Crippen molar-refractivity contribution in [3.05, 3.63) is 29.8 Å². The monoisotopic (exact) mass is 267 g/mol. The van der Waals surface area contributed by atoms with E-state index in [0.717, 1.165) is 11.3 Å². The van der Waals surface area contributed by atoms with E-state index < -0.39 is 5.54 Å². The molecule has 0 saturated carbocycles. The van der Waals surface area contributed by atoms with Gasteiger partial charge in [-0.2, -0.15) is 0 Å². The standard InChI is InChI=1S/C14H21NO4/c1-11-5-3-4-6-12(11)19-8-7-13(18)15-14(2,9-16)10-17/h3-6,16-17H,7-10H2,1-2H3,(H,15,18).